The van der Waals surface area contributed by atoms with Crippen molar-refractivity contribution in [2.24, 2.45) is 17.3 Å². The third kappa shape index (κ3) is 1.34. The normalized spacial score (nSPS) is 40.2. The third-order valence-electron chi connectivity index (χ3n) is 3.23. The molecular weight excluding hydrogens is 150 g/mol. The lowest BCUT2D eigenvalue weighted by atomic mass is 9.61. The first-order valence-electron chi connectivity index (χ1n) is 4.80. The zero-order chi connectivity index (χ0) is 8.60. The van der Waals surface area contributed by atoms with Crippen LogP contribution in [0.1, 0.15) is 32.1 Å². The second-order valence-electron chi connectivity index (χ2n) is 4.50. The van der Waals surface area contributed by atoms with Crippen LogP contribution in [-0.4, -0.2) is 11.7 Å². The van der Waals surface area contributed by atoms with Gasteiger partial charge in [-0.3, -0.25) is 0 Å². The number of aliphatic hydroxyl groups excluding tert-OH is 1. The number of nitriles is 1. The summed E-state index contributed by atoms with van der Waals surface area (Å²) in [6.45, 7) is 0.272. The minimum absolute atomic E-state index is 0.0332. The van der Waals surface area contributed by atoms with Crippen LogP contribution in [0.25, 0.3) is 0 Å². The number of aliphatic hydroxyl groups is 1. The van der Waals surface area contributed by atoms with Crippen molar-refractivity contribution in [3.05, 3.63) is 0 Å². The van der Waals surface area contributed by atoms with Crippen molar-refractivity contribution in [2.75, 3.05) is 6.61 Å². The fourth-order valence-electron chi connectivity index (χ4n) is 2.35. The molecule has 2 saturated carbocycles. The van der Waals surface area contributed by atoms with Crippen LogP contribution in [0.2, 0.25) is 0 Å². The minimum Gasteiger partial charge on any atom is -0.396 e. The van der Waals surface area contributed by atoms with Crippen molar-refractivity contribution in [3.63, 3.8) is 0 Å². The van der Waals surface area contributed by atoms with Crippen LogP contribution < -0.4 is 0 Å². The Morgan fingerprint density at radius 1 is 1.33 bits per heavy atom. The molecule has 2 rings (SSSR count). The molecule has 0 atom stereocenters. The quantitative estimate of drug-likeness (QED) is 0.691. The monoisotopic (exact) mass is 165 g/mol. The molecular formula is C10H15NO. The molecule has 0 aliphatic heterocycles. The van der Waals surface area contributed by atoms with Crippen LogP contribution in [0.3, 0.4) is 0 Å². The van der Waals surface area contributed by atoms with Gasteiger partial charge in [0.05, 0.1) is 11.5 Å². The van der Waals surface area contributed by atoms with Gasteiger partial charge < -0.3 is 5.11 Å². The van der Waals surface area contributed by atoms with Gasteiger partial charge in [0.15, 0.2) is 0 Å². The summed E-state index contributed by atoms with van der Waals surface area (Å²) in [5.74, 6) is 1.26. The fraction of sp³-hybridized carbons (Fsp3) is 0.900. The smallest absolute Gasteiger partial charge is 0.0690 e. The molecule has 0 aromatic heterocycles. The highest BCUT2D eigenvalue weighted by atomic mass is 16.3. The molecule has 2 aliphatic carbocycles. The zero-order valence-corrected chi connectivity index (χ0v) is 7.29. The Hall–Kier alpha value is -0.550. The highest BCUT2D eigenvalue weighted by Gasteiger charge is 2.47. The first-order valence-corrected chi connectivity index (χ1v) is 4.80. The van der Waals surface area contributed by atoms with E-state index in [0.717, 1.165) is 25.2 Å². The average Bonchev–Trinajstić information content (AvgIpc) is 2.79. The van der Waals surface area contributed by atoms with Gasteiger partial charge in [-0.2, -0.15) is 5.26 Å². The van der Waals surface area contributed by atoms with Crippen LogP contribution in [0.5, 0.6) is 0 Å². The summed E-state index contributed by atoms with van der Waals surface area (Å²) in [5.41, 5.74) is -0.0332. The summed E-state index contributed by atoms with van der Waals surface area (Å²) in [4.78, 5) is 0. The van der Waals surface area contributed by atoms with Gasteiger partial charge in [-0.05, 0) is 31.1 Å². The maximum atomic E-state index is 8.99. The Morgan fingerprint density at radius 3 is 2.42 bits per heavy atom. The van der Waals surface area contributed by atoms with E-state index < -0.39 is 0 Å². The summed E-state index contributed by atoms with van der Waals surface area (Å²) >= 11 is 0. The zero-order valence-electron chi connectivity index (χ0n) is 7.29. The summed E-state index contributed by atoms with van der Waals surface area (Å²) in [6.07, 6.45) is 5.63. The minimum atomic E-state index is -0.0332. The van der Waals surface area contributed by atoms with E-state index in [9.17, 15) is 0 Å². The van der Waals surface area contributed by atoms with Gasteiger partial charge in [-0.25, -0.2) is 0 Å². The molecule has 12 heavy (non-hydrogen) atoms. The molecule has 0 saturated heterocycles. The van der Waals surface area contributed by atoms with Crippen molar-refractivity contribution in [1.82, 2.24) is 0 Å². The van der Waals surface area contributed by atoms with E-state index in [-0.39, 0.29) is 12.0 Å². The molecule has 2 heteroatoms. The summed E-state index contributed by atoms with van der Waals surface area (Å²) in [6, 6.07) is 2.44. The molecule has 66 valence electrons. The number of hydrogen-bond acceptors (Lipinski definition) is 2. The van der Waals surface area contributed by atoms with Crippen molar-refractivity contribution in [2.45, 2.75) is 32.1 Å². The number of nitrogens with zero attached hydrogens (tertiary/aromatic N) is 1. The van der Waals surface area contributed by atoms with Crippen molar-refractivity contribution in [3.8, 4) is 6.07 Å². The fourth-order valence-corrected chi connectivity index (χ4v) is 2.35. The second-order valence-corrected chi connectivity index (χ2v) is 4.50. The molecule has 0 aromatic rings. The maximum absolute atomic E-state index is 8.99. The standard InChI is InChI=1S/C10H15NO/c11-7-10(3-8-1-2-8)4-9(5-10)6-12/h8-9,12H,1-6H2/t9-,10+. The Morgan fingerprint density at radius 2 is 2.00 bits per heavy atom. The Labute approximate surface area is 73.2 Å². The Kier molecular flexibility index (Phi) is 1.84. The number of rotatable bonds is 3. The van der Waals surface area contributed by atoms with E-state index in [1.165, 1.54) is 12.8 Å². The summed E-state index contributed by atoms with van der Waals surface area (Å²) < 4.78 is 0. The van der Waals surface area contributed by atoms with Crippen LogP contribution in [0.4, 0.5) is 0 Å². The summed E-state index contributed by atoms with van der Waals surface area (Å²) in [7, 11) is 0. The van der Waals surface area contributed by atoms with Crippen molar-refractivity contribution >= 4 is 0 Å². The molecule has 0 heterocycles. The first-order chi connectivity index (χ1) is 5.78. The van der Waals surface area contributed by atoms with Crippen LogP contribution in [0, 0.1) is 28.6 Å². The van der Waals surface area contributed by atoms with Gasteiger partial charge in [0.2, 0.25) is 0 Å². The van der Waals surface area contributed by atoms with Gasteiger partial charge in [-0.15, -0.1) is 0 Å². The third-order valence-corrected chi connectivity index (χ3v) is 3.23. The SMILES string of the molecule is N#C[C@]1(CC2CC2)C[C@H](CO)C1. The predicted octanol–water partition coefficient (Wildman–Crippen LogP) is 1.70. The van der Waals surface area contributed by atoms with Gasteiger partial charge in [0.1, 0.15) is 0 Å². The molecule has 2 aliphatic rings. The van der Waals surface area contributed by atoms with E-state index in [2.05, 4.69) is 6.07 Å². The van der Waals surface area contributed by atoms with Crippen LogP contribution in [0.15, 0.2) is 0 Å². The first kappa shape index (κ1) is 8.07. The highest BCUT2D eigenvalue weighted by molar-refractivity contribution is 5.09. The van der Waals surface area contributed by atoms with E-state index >= 15 is 0 Å². The van der Waals surface area contributed by atoms with Crippen LogP contribution >= 0.6 is 0 Å². The lowest BCUT2D eigenvalue weighted by molar-refractivity contribution is 0.0496. The van der Waals surface area contributed by atoms with Gasteiger partial charge >= 0.3 is 0 Å². The molecule has 1 N–H and O–H groups in total. The molecule has 0 aromatic carbocycles. The van der Waals surface area contributed by atoms with Crippen molar-refractivity contribution in [1.29, 1.82) is 5.26 Å². The largest absolute Gasteiger partial charge is 0.396 e. The molecule has 0 spiro atoms. The van der Waals surface area contributed by atoms with Crippen LogP contribution in [-0.2, 0) is 0 Å². The average molecular weight is 165 g/mol. The predicted molar refractivity (Wildman–Crippen MR) is 45.2 cm³/mol. The molecule has 0 radical (unpaired) electrons. The molecule has 0 unspecified atom stereocenters. The van der Waals surface area contributed by atoms with E-state index in [1.807, 2.05) is 0 Å². The molecule has 2 fully saturated rings. The molecule has 0 amide bonds. The van der Waals surface area contributed by atoms with Gasteiger partial charge in [0.25, 0.3) is 0 Å². The Balaban J connectivity index is 1.86. The van der Waals surface area contributed by atoms with Gasteiger partial charge in [-0.1, -0.05) is 12.8 Å². The second kappa shape index (κ2) is 2.74. The molecule has 2 nitrogen and oxygen atoms in total. The lowest BCUT2D eigenvalue weighted by Gasteiger charge is -2.42. The molecule has 0 bridgehead atoms. The summed E-state index contributed by atoms with van der Waals surface area (Å²) in [5, 5.41) is 17.8. The number of hydrogen-bond donors (Lipinski definition) is 1. The van der Waals surface area contributed by atoms with E-state index in [1.54, 1.807) is 0 Å². The van der Waals surface area contributed by atoms with Gasteiger partial charge in [0, 0.05) is 6.61 Å². The van der Waals surface area contributed by atoms with E-state index in [0.29, 0.717) is 5.92 Å². The maximum Gasteiger partial charge on any atom is 0.0690 e. The lowest BCUT2D eigenvalue weighted by Crippen LogP contribution is -2.38. The Bertz CT molecular complexity index is 208. The van der Waals surface area contributed by atoms with E-state index in [4.69, 9.17) is 10.4 Å². The topological polar surface area (TPSA) is 44.0 Å². The van der Waals surface area contributed by atoms with Crippen molar-refractivity contribution < 1.29 is 5.11 Å². The highest BCUT2D eigenvalue weighted by Crippen LogP contribution is 2.53.